The van der Waals surface area contributed by atoms with Gasteiger partial charge in [0.05, 0.1) is 5.56 Å². The Morgan fingerprint density at radius 1 is 1.53 bits per heavy atom. The molecule has 1 atom stereocenters. The largest absolute Gasteiger partial charge is 0.478 e. The van der Waals surface area contributed by atoms with E-state index < -0.39 is 5.97 Å². The Bertz CT molecular complexity index is 393. The van der Waals surface area contributed by atoms with Crippen LogP contribution in [0.4, 0.5) is 0 Å². The molecule has 1 aromatic rings. The topological polar surface area (TPSA) is 37.3 Å². The number of hydrogen-bond acceptors (Lipinski definition) is 2. The van der Waals surface area contributed by atoms with Crippen LogP contribution in [0.1, 0.15) is 37.0 Å². The van der Waals surface area contributed by atoms with E-state index in [1.165, 1.54) is 12.8 Å². The molecule has 0 aliphatic carbocycles. The summed E-state index contributed by atoms with van der Waals surface area (Å²) in [6.07, 6.45) is 2.36. The molecule has 0 saturated heterocycles. The minimum absolute atomic E-state index is 0.391. The zero-order valence-corrected chi connectivity index (χ0v) is 12.5. The third-order valence-electron chi connectivity index (χ3n) is 2.48. The van der Waals surface area contributed by atoms with Crippen molar-refractivity contribution in [2.75, 3.05) is 5.75 Å². The van der Waals surface area contributed by atoms with Crippen LogP contribution < -0.4 is 0 Å². The first-order valence-corrected chi connectivity index (χ1v) is 7.48. The Hall–Kier alpha value is -0.480. The summed E-state index contributed by atoms with van der Waals surface area (Å²) in [4.78, 5) is 11.9. The number of benzene rings is 1. The van der Waals surface area contributed by atoms with Crippen LogP contribution in [0.5, 0.6) is 0 Å². The van der Waals surface area contributed by atoms with E-state index in [1.54, 1.807) is 23.9 Å². The first-order valence-electron chi connectivity index (χ1n) is 5.70. The van der Waals surface area contributed by atoms with Crippen LogP contribution in [-0.2, 0) is 0 Å². The van der Waals surface area contributed by atoms with E-state index >= 15 is 0 Å². The highest BCUT2D eigenvalue weighted by atomic mass is 79.9. The molecule has 0 heterocycles. The molecule has 1 aromatic carbocycles. The average molecular weight is 317 g/mol. The van der Waals surface area contributed by atoms with Crippen molar-refractivity contribution in [2.24, 2.45) is 5.92 Å². The van der Waals surface area contributed by atoms with Gasteiger partial charge in [0.15, 0.2) is 0 Å². The molecule has 1 unspecified atom stereocenters. The molecule has 17 heavy (non-hydrogen) atoms. The number of aromatic carboxylic acids is 1. The molecule has 0 aliphatic rings. The van der Waals surface area contributed by atoms with E-state index in [1.807, 2.05) is 6.07 Å². The molecule has 94 valence electrons. The van der Waals surface area contributed by atoms with Crippen molar-refractivity contribution in [2.45, 2.75) is 31.6 Å². The summed E-state index contributed by atoms with van der Waals surface area (Å²) < 4.78 is 0.924. The van der Waals surface area contributed by atoms with Crippen molar-refractivity contribution in [1.29, 1.82) is 0 Å². The highest BCUT2D eigenvalue weighted by molar-refractivity contribution is 9.10. The number of carbonyl (C=O) groups is 1. The number of rotatable bonds is 6. The maximum Gasteiger partial charge on any atom is 0.336 e. The zero-order chi connectivity index (χ0) is 12.8. The van der Waals surface area contributed by atoms with Crippen molar-refractivity contribution < 1.29 is 9.90 Å². The van der Waals surface area contributed by atoms with Crippen LogP contribution in [0, 0.1) is 5.92 Å². The fraction of sp³-hybridized carbons (Fsp3) is 0.462. The molecular weight excluding hydrogens is 300 g/mol. The van der Waals surface area contributed by atoms with E-state index in [2.05, 4.69) is 29.8 Å². The fourth-order valence-electron chi connectivity index (χ4n) is 1.60. The van der Waals surface area contributed by atoms with Crippen LogP contribution in [0.25, 0.3) is 0 Å². The van der Waals surface area contributed by atoms with Crippen molar-refractivity contribution in [1.82, 2.24) is 0 Å². The first kappa shape index (κ1) is 14.6. The third-order valence-corrected chi connectivity index (χ3v) is 4.36. The lowest BCUT2D eigenvalue weighted by molar-refractivity contribution is 0.0693. The molecule has 2 nitrogen and oxygen atoms in total. The Morgan fingerprint density at radius 2 is 2.24 bits per heavy atom. The standard InChI is InChI=1S/C13H17BrO2S/c1-3-4-9(2)8-17-12-7-10(14)5-6-11(12)13(15)16/h5-7,9H,3-4,8H2,1-2H3,(H,15,16). The molecule has 0 fully saturated rings. The second kappa shape index (κ2) is 7.07. The van der Waals surface area contributed by atoms with E-state index in [-0.39, 0.29) is 0 Å². The van der Waals surface area contributed by atoms with E-state index in [0.717, 1.165) is 15.1 Å². The number of carboxylic acids is 1. The molecule has 0 aliphatic heterocycles. The van der Waals surface area contributed by atoms with Crippen LogP contribution in [0.3, 0.4) is 0 Å². The SMILES string of the molecule is CCCC(C)CSc1cc(Br)ccc1C(=O)O. The molecule has 4 heteroatoms. The quantitative estimate of drug-likeness (QED) is 0.774. The van der Waals surface area contributed by atoms with Crippen molar-refractivity contribution in [3.63, 3.8) is 0 Å². The Balaban J connectivity index is 2.75. The molecule has 0 saturated carbocycles. The van der Waals surface area contributed by atoms with Crippen molar-refractivity contribution >= 4 is 33.7 Å². The second-order valence-corrected chi connectivity index (χ2v) is 6.13. The number of thioether (sulfide) groups is 1. The lowest BCUT2D eigenvalue weighted by Crippen LogP contribution is -2.01. The normalized spacial score (nSPS) is 12.4. The number of hydrogen-bond donors (Lipinski definition) is 1. The fourth-order valence-corrected chi connectivity index (χ4v) is 3.26. The Kier molecular flexibility index (Phi) is 6.06. The number of halogens is 1. The van der Waals surface area contributed by atoms with Gasteiger partial charge in [-0.3, -0.25) is 0 Å². The van der Waals surface area contributed by atoms with Gasteiger partial charge in [0, 0.05) is 15.1 Å². The first-order chi connectivity index (χ1) is 8.04. The van der Waals surface area contributed by atoms with Gasteiger partial charge in [0.2, 0.25) is 0 Å². The molecule has 1 N–H and O–H groups in total. The summed E-state index contributed by atoms with van der Waals surface area (Å²) in [5.74, 6) is 0.721. The van der Waals surface area contributed by atoms with E-state index in [9.17, 15) is 4.79 Å². The van der Waals surface area contributed by atoms with Gasteiger partial charge in [-0.15, -0.1) is 11.8 Å². The monoisotopic (exact) mass is 316 g/mol. The predicted octanol–water partition coefficient (Wildman–Crippen LogP) is 4.68. The smallest absolute Gasteiger partial charge is 0.336 e. The lowest BCUT2D eigenvalue weighted by atomic mass is 10.1. The third kappa shape index (κ3) is 4.72. The molecule has 0 radical (unpaired) electrons. The van der Waals surface area contributed by atoms with Gasteiger partial charge in [-0.05, 0) is 24.1 Å². The summed E-state index contributed by atoms with van der Waals surface area (Å²) in [5, 5.41) is 9.10. The minimum Gasteiger partial charge on any atom is -0.478 e. The van der Waals surface area contributed by atoms with Gasteiger partial charge in [-0.2, -0.15) is 0 Å². The summed E-state index contributed by atoms with van der Waals surface area (Å²) in [7, 11) is 0. The minimum atomic E-state index is -0.858. The maximum absolute atomic E-state index is 11.1. The summed E-state index contributed by atoms with van der Waals surface area (Å²) >= 11 is 5.00. The van der Waals surface area contributed by atoms with Gasteiger partial charge in [0.25, 0.3) is 0 Å². The maximum atomic E-state index is 11.1. The van der Waals surface area contributed by atoms with E-state index in [0.29, 0.717) is 11.5 Å². The highest BCUT2D eigenvalue weighted by Crippen LogP contribution is 2.29. The van der Waals surface area contributed by atoms with Crippen LogP contribution in [0.15, 0.2) is 27.6 Å². The summed E-state index contributed by atoms with van der Waals surface area (Å²) in [6, 6.07) is 5.30. The molecule has 0 aromatic heterocycles. The summed E-state index contributed by atoms with van der Waals surface area (Å²) in [6.45, 7) is 4.37. The second-order valence-electron chi connectivity index (χ2n) is 4.15. The van der Waals surface area contributed by atoms with Crippen LogP contribution in [0.2, 0.25) is 0 Å². The van der Waals surface area contributed by atoms with Gasteiger partial charge < -0.3 is 5.11 Å². The van der Waals surface area contributed by atoms with Gasteiger partial charge >= 0.3 is 5.97 Å². The average Bonchev–Trinajstić information content (AvgIpc) is 2.26. The predicted molar refractivity (Wildman–Crippen MR) is 75.9 cm³/mol. The van der Waals surface area contributed by atoms with E-state index in [4.69, 9.17) is 5.11 Å². The Morgan fingerprint density at radius 3 is 2.82 bits per heavy atom. The van der Waals surface area contributed by atoms with Gasteiger partial charge in [-0.25, -0.2) is 4.79 Å². The van der Waals surface area contributed by atoms with Crippen LogP contribution >= 0.6 is 27.7 Å². The number of carboxylic acid groups (broad SMARTS) is 1. The van der Waals surface area contributed by atoms with Crippen molar-refractivity contribution in [3.05, 3.63) is 28.2 Å². The molecule has 0 amide bonds. The molecule has 0 bridgehead atoms. The van der Waals surface area contributed by atoms with Gasteiger partial charge in [0.1, 0.15) is 0 Å². The molecule has 0 spiro atoms. The van der Waals surface area contributed by atoms with Crippen molar-refractivity contribution in [3.8, 4) is 0 Å². The zero-order valence-electron chi connectivity index (χ0n) is 10.1. The lowest BCUT2D eigenvalue weighted by Gasteiger charge is -2.11. The van der Waals surface area contributed by atoms with Gasteiger partial charge in [-0.1, -0.05) is 42.6 Å². The Labute approximate surface area is 115 Å². The molecular formula is C13H17BrO2S. The summed E-state index contributed by atoms with van der Waals surface area (Å²) in [5.41, 5.74) is 0.391. The molecule has 1 rings (SSSR count). The highest BCUT2D eigenvalue weighted by Gasteiger charge is 2.12. The van der Waals surface area contributed by atoms with Crippen LogP contribution in [-0.4, -0.2) is 16.8 Å².